The Morgan fingerprint density at radius 1 is 0.769 bits per heavy atom. The Morgan fingerprint density at radius 3 is 1.62 bits per heavy atom. The highest BCUT2D eigenvalue weighted by molar-refractivity contribution is 8.01. The van der Waals surface area contributed by atoms with Crippen LogP contribution in [0.4, 0.5) is 26.3 Å². The van der Waals surface area contributed by atoms with E-state index in [9.17, 15) is 36.9 Å². The van der Waals surface area contributed by atoms with E-state index in [0.717, 1.165) is 18.6 Å². The second kappa shape index (κ2) is 5.04. The molecule has 5 aliphatic rings. The second-order valence-corrected chi connectivity index (χ2v) is 9.51. The van der Waals surface area contributed by atoms with E-state index in [4.69, 9.17) is 0 Å². The Kier molecular flexibility index (Phi) is 3.54. The molecule has 4 aliphatic carbocycles. The van der Waals surface area contributed by atoms with Crippen LogP contribution in [0.5, 0.6) is 0 Å². The van der Waals surface area contributed by atoms with Crippen LogP contribution in [-0.4, -0.2) is 22.9 Å². The van der Waals surface area contributed by atoms with Crippen molar-refractivity contribution in [2.75, 3.05) is 5.75 Å². The van der Waals surface area contributed by atoms with E-state index < -0.39 is 45.5 Å². The summed E-state index contributed by atoms with van der Waals surface area (Å²) in [7, 11) is 0. The van der Waals surface area contributed by atoms with Crippen LogP contribution in [-0.2, 0) is 0 Å². The third-order valence-electron chi connectivity index (χ3n) is 7.37. The van der Waals surface area contributed by atoms with Gasteiger partial charge in [-0.3, -0.25) is 0 Å². The molecule has 5 fully saturated rings. The molecule has 0 amide bonds. The fraction of sp³-hybridized carbons (Fsp3) is 0.882. The maximum Gasteiger partial charge on any atom is 0.410 e. The smallest absolute Gasteiger partial charge is 0.197 e. The van der Waals surface area contributed by atoms with Crippen LogP contribution in [0.15, 0.2) is 0 Å². The van der Waals surface area contributed by atoms with Gasteiger partial charge in [0.15, 0.2) is 10.8 Å². The van der Waals surface area contributed by atoms with E-state index in [1.807, 2.05) is 0 Å². The number of nitrogens with zero attached hydrogens (tertiary/aromatic N) is 2. The van der Waals surface area contributed by atoms with Crippen LogP contribution < -0.4 is 0 Å². The van der Waals surface area contributed by atoms with Gasteiger partial charge in [-0.15, -0.1) is 0 Å². The third kappa shape index (κ3) is 1.72. The van der Waals surface area contributed by atoms with Gasteiger partial charge in [-0.2, -0.15) is 48.6 Å². The average molecular weight is 394 g/mol. The first-order valence-electron chi connectivity index (χ1n) is 8.59. The van der Waals surface area contributed by atoms with Crippen molar-refractivity contribution in [1.29, 1.82) is 10.5 Å². The Morgan fingerprint density at radius 2 is 1.27 bits per heavy atom. The fourth-order valence-electron chi connectivity index (χ4n) is 6.69. The summed E-state index contributed by atoms with van der Waals surface area (Å²) in [5.74, 6) is -1.75. The maximum absolute atomic E-state index is 14.4. The summed E-state index contributed by atoms with van der Waals surface area (Å²) in [5.41, 5.74) is -7.46. The van der Waals surface area contributed by atoms with Gasteiger partial charge in [-0.25, -0.2) is 0 Å². The third-order valence-corrected chi connectivity index (χ3v) is 9.40. The quantitative estimate of drug-likeness (QED) is 0.539. The predicted molar refractivity (Wildman–Crippen MR) is 80.4 cm³/mol. The monoisotopic (exact) mass is 394 g/mol. The lowest BCUT2D eigenvalue weighted by molar-refractivity contribution is -0.316. The Balaban J connectivity index is 2.01. The minimum Gasteiger partial charge on any atom is -0.197 e. The number of thioether (sulfide) groups is 1. The van der Waals surface area contributed by atoms with Crippen molar-refractivity contribution in [2.24, 2.45) is 34.5 Å². The molecular formula is C17H16F6N2S. The molecule has 1 heterocycles. The fourth-order valence-corrected chi connectivity index (χ4v) is 9.00. The molecule has 0 unspecified atom stereocenters. The van der Waals surface area contributed by atoms with Crippen LogP contribution in [0.25, 0.3) is 0 Å². The van der Waals surface area contributed by atoms with Crippen LogP contribution in [0, 0.1) is 57.2 Å². The van der Waals surface area contributed by atoms with E-state index in [1.165, 1.54) is 0 Å². The molecule has 0 aromatic carbocycles. The van der Waals surface area contributed by atoms with Crippen molar-refractivity contribution < 1.29 is 26.3 Å². The molecule has 0 aromatic rings. The molecule has 0 N–H and O–H groups in total. The molecule has 2 nitrogen and oxygen atoms in total. The van der Waals surface area contributed by atoms with E-state index in [1.54, 1.807) is 0 Å². The minimum absolute atomic E-state index is 0.233. The largest absolute Gasteiger partial charge is 0.410 e. The molecule has 5 rings (SSSR count). The summed E-state index contributed by atoms with van der Waals surface area (Å²) in [6.07, 6.45) is -8.23. The van der Waals surface area contributed by atoms with Gasteiger partial charge in [0.1, 0.15) is 0 Å². The summed E-state index contributed by atoms with van der Waals surface area (Å²) in [6.45, 7) is 0. The van der Waals surface area contributed by atoms with Gasteiger partial charge in [-0.1, -0.05) is 0 Å². The molecule has 0 aromatic heterocycles. The van der Waals surface area contributed by atoms with Gasteiger partial charge >= 0.3 is 12.4 Å². The molecule has 9 heteroatoms. The Labute approximate surface area is 150 Å². The molecular weight excluding hydrogens is 378 g/mol. The zero-order valence-electron chi connectivity index (χ0n) is 13.6. The Hall–Kier alpha value is -1.09. The predicted octanol–water partition coefficient (Wildman–Crippen LogP) is 5.07. The zero-order valence-corrected chi connectivity index (χ0v) is 14.4. The molecule has 1 spiro atoms. The van der Waals surface area contributed by atoms with Gasteiger partial charge in [-0.05, 0) is 55.8 Å². The highest BCUT2D eigenvalue weighted by Gasteiger charge is 2.90. The second-order valence-electron chi connectivity index (χ2n) is 8.26. The first kappa shape index (κ1) is 18.3. The normalized spacial score (nSPS) is 50.0. The summed E-state index contributed by atoms with van der Waals surface area (Å²) in [6, 6.07) is 2.06. The van der Waals surface area contributed by atoms with Gasteiger partial charge in [0.05, 0.1) is 16.9 Å². The highest BCUT2D eigenvalue weighted by Crippen LogP contribution is 2.80. The molecule has 4 saturated carbocycles. The average Bonchev–Trinajstić information content (AvgIpc) is 2.84. The topological polar surface area (TPSA) is 47.6 Å². The lowest BCUT2D eigenvalue weighted by atomic mass is 9.42. The van der Waals surface area contributed by atoms with Crippen LogP contribution in [0.2, 0.25) is 0 Å². The molecule has 2 atom stereocenters. The molecule has 26 heavy (non-hydrogen) atoms. The van der Waals surface area contributed by atoms with Crippen molar-refractivity contribution >= 4 is 11.8 Å². The molecule has 142 valence electrons. The molecule has 1 aliphatic heterocycles. The van der Waals surface area contributed by atoms with Crippen molar-refractivity contribution in [3.05, 3.63) is 0 Å². The lowest BCUT2D eigenvalue weighted by Gasteiger charge is -2.64. The van der Waals surface area contributed by atoms with Gasteiger partial charge < -0.3 is 0 Å². The summed E-state index contributed by atoms with van der Waals surface area (Å²) >= 11 is 0.612. The van der Waals surface area contributed by atoms with Crippen LogP contribution >= 0.6 is 11.8 Å². The highest BCUT2D eigenvalue weighted by atomic mass is 32.2. The first-order valence-corrected chi connectivity index (χ1v) is 9.57. The van der Waals surface area contributed by atoms with Gasteiger partial charge in [0.25, 0.3) is 0 Å². The SMILES string of the molecule is N#C[C@]1(C(F)(F)F)C2(SC[C@]1(C#N)C(F)(F)F)C1CC3CC(C1)CC2C3. The summed E-state index contributed by atoms with van der Waals surface area (Å²) < 4.78 is 83.1. The summed E-state index contributed by atoms with van der Waals surface area (Å²) in [5, 5.41) is 19.1. The van der Waals surface area contributed by atoms with E-state index in [-0.39, 0.29) is 11.8 Å². The standard InChI is InChI=1S/C17H16F6N2S/c18-16(19,20)13(6-24)8-26-15(14(13,7-25)17(21,22)23)11-2-9-1-10(4-11)5-12(15)3-9/h9-12H,1-5,8H2/t9?,10?,11?,12?,13-,14+,15?/m0/s1. The number of hydrogen-bond donors (Lipinski definition) is 0. The zero-order chi connectivity index (χ0) is 19.2. The first-order chi connectivity index (χ1) is 12.0. The lowest BCUT2D eigenvalue weighted by Crippen LogP contribution is -2.71. The van der Waals surface area contributed by atoms with E-state index >= 15 is 0 Å². The van der Waals surface area contributed by atoms with Crippen molar-refractivity contribution in [1.82, 2.24) is 0 Å². The molecule has 0 radical (unpaired) electrons. The number of hydrogen-bond acceptors (Lipinski definition) is 3. The van der Waals surface area contributed by atoms with E-state index in [2.05, 4.69) is 0 Å². The van der Waals surface area contributed by atoms with Crippen molar-refractivity contribution in [2.45, 2.75) is 49.2 Å². The van der Waals surface area contributed by atoms with E-state index in [0.29, 0.717) is 37.4 Å². The molecule has 4 bridgehead atoms. The number of halogens is 6. The van der Waals surface area contributed by atoms with Gasteiger partial charge in [0, 0.05) is 5.75 Å². The molecule has 1 saturated heterocycles. The van der Waals surface area contributed by atoms with Crippen molar-refractivity contribution in [3.8, 4) is 12.1 Å². The van der Waals surface area contributed by atoms with Crippen LogP contribution in [0.1, 0.15) is 32.1 Å². The summed E-state index contributed by atoms with van der Waals surface area (Å²) in [4.78, 5) is 0. The number of nitriles is 2. The maximum atomic E-state index is 14.4. The number of rotatable bonds is 0. The minimum atomic E-state index is -5.44. The van der Waals surface area contributed by atoms with Gasteiger partial charge in [0.2, 0.25) is 0 Å². The van der Waals surface area contributed by atoms with Crippen molar-refractivity contribution in [3.63, 3.8) is 0 Å². The van der Waals surface area contributed by atoms with Crippen LogP contribution in [0.3, 0.4) is 0 Å². The number of alkyl halides is 6. The Bertz CT molecular complexity index is 689.